The van der Waals surface area contributed by atoms with Crippen molar-refractivity contribution in [2.45, 2.75) is 45.5 Å². The second-order valence-corrected chi connectivity index (χ2v) is 14.3. The van der Waals surface area contributed by atoms with Crippen LogP contribution >= 0.6 is 0 Å². The molecule has 0 radical (unpaired) electrons. The second-order valence-electron chi connectivity index (χ2n) is 6.24. The van der Waals surface area contributed by atoms with Crippen molar-refractivity contribution in [1.82, 2.24) is 0 Å². The maximum Gasteiger partial charge on any atom is 0.334 e. The standard InChI is InChI=1S/C15H30O3Si2/c1-13(2)14-8-10-15(11-9-14)19(6,16-3)12-20(7,17-4)18-5/h8,10,13H,9,11-12H2,1-7H3. The molecule has 0 saturated heterocycles. The molecule has 0 spiro atoms. The van der Waals surface area contributed by atoms with E-state index < -0.39 is 16.9 Å². The van der Waals surface area contributed by atoms with Gasteiger partial charge in [-0.05, 0) is 31.9 Å². The van der Waals surface area contributed by atoms with E-state index in [-0.39, 0.29) is 0 Å². The van der Waals surface area contributed by atoms with Gasteiger partial charge in [0, 0.05) is 27.0 Å². The zero-order chi connectivity index (χ0) is 15.4. The van der Waals surface area contributed by atoms with Crippen molar-refractivity contribution in [3.05, 3.63) is 22.9 Å². The molecule has 0 saturated carbocycles. The first-order valence-corrected chi connectivity index (χ1v) is 12.5. The van der Waals surface area contributed by atoms with Gasteiger partial charge < -0.3 is 13.3 Å². The highest BCUT2D eigenvalue weighted by molar-refractivity contribution is 6.92. The van der Waals surface area contributed by atoms with E-state index in [2.05, 4.69) is 39.1 Å². The molecular weight excluding hydrogens is 284 g/mol. The maximum atomic E-state index is 5.99. The monoisotopic (exact) mass is 314 g/mol. The van der Waals surface area contributed by atoms with Gasteiger partial charge in [0.2, 0.25) is 8.32 Å². The third-order valence-corrected chi connectivity index (χ3v) is 14.2. The number of hydrogen-bond acceptors (Lipinski definition) is 3. The summed E-state index contributed by atoms with van der Waals surface area (Å²) < 4.78 is 17.3. The Kier molecular flexibility index (Phi) is 6.40. The summed E-state index contributed by atoms with van der Waals surface area (Å²) in [5, 5.41) is 1.48. The van der Waals surface area contributed by atoms with Gasteiger partial charge >= 0.3 is 8.56 Å². The van der Waals surface area contributed by atoms with Crippen LogP contribution in [0.2, 0.25) is 18.8 Å². The molecule has 20 heavy (non-hydrogen) atoms. The van der Waals surface area contributed by atoms with Gasteiger partial charge in [-0.1, -0.05) is 36.8 Å². The van der Waals surface area contributed by atoms with Crippen LogP contribution < -0.4 is 0 Å². The highest BCUT2D eigenvalue weighted by atomic mass is 28.4. The van der Waals surface area contributed by atoms with E-state index in [0.29, 0.717) is 5.92 Å². The third-order valence-electron chi connectivity index (χ3n) is 4.58. The van der Waals surface area contributed by atoms with Gasteiger partial charge in [-0.15, -0.1) is 0 Å². The molecule has 0 bridgehead atoms. The van der Waals surface area contributed by atoms with Gasteiger partial charge in [0.05, 0.1) is 0 Å². The molecule has 0 fully saturated rings. The smallest absolute Gasteiger partial charge is 0.334 e. The minimum atomic E-state index is -2.10. The normalized spacial score (nSPS) is 19.6. The summed E-state index contributed by atoms with van der Waals surface area (Å²) in [4.78, 5) is 0. The zero-order valence-corrected chi connectivity index (χ0v) is 16.1. The van der Waals surface area contributed by atoms with Gasteiger partial charge in [0.1, 0.15) is 0 Å². The van der Waals surface area contributed by atoms with Crippen molar-refractivity contribution in [1.29, 1.82) is 0 Å². The molecule has 1 aliphatic rings. The molecule has 1 aliphatic carbocycles. The lowest BCUT2D eigenvalue weighted by atomic mass is 9.95. The molecular formula is C15H30O3Si2. The van der Waals surface area contributed by atoms with Crippen molar-refractivity contribution < 1.29 is 13.3 Å². The molecule has 1 atom stereocenters. The topological polar surface area (TPSA) is 27.7 Å². The van der Waals surface area contributed by atoms with Crippen LogP contribution in [0.5, 0.6) is 0 Å². The van der Waals surface area contributed by atoms with E-state index >= 15 is 0 Å². The molecule has 1 unspecified atom stereocenters. The first-order valence-electron chi connectivity index (χ1n) is 7.36. The van der Waals surface area contributed by atoms with Crippen LogP contribution in [-0.4, -0.2) is 38.2 Å². The molecule has 0 aliphatic heterocycles. The number of allylic oxidation sites excluding steroid dienone is 4. The lowest BCUT2D eigenvalue weighted by Crippen LogP contribution is -2.50. The summed E-state index contributed by atoms with van der Waals surface area (Å²) in [5.41, 5.74) is 2.49. The maximum absolute atomic E-state index is 5.99. The Hall–Kier alpha value is -0.206. The summed E-state index contributed by atoms with van der Waals surface area (Å²) >= 11 is 0. The molecule has 0 amide bonds. The third kappa shape index (κ3) is 4.15. The van der Waals surface area contributed by atoms with E-state index in [1.165, 1.54) is 5.20 Å². The van der Waals surface area contributed by atoms with E-state index in [1.54, 1.807) is 19.8 Å². The van der Waals surface area contributed by atoms with Crippen LogP contribution in [0.1, 0.15) is 26.7 Å². The fourth-order valence-electron chi connectivity index (χ4n) is 2.73. The van der Waals surface area contributed by atoms with Gasteiger partial charge in [-0.25, -0.2) is 0 Å². The minimum absolute atomic E-state index is 0.640. The summed E-state index contributed by atoms with van der Waals surface area (Å²) in [5.74, 6) is 0.640. The Morgan fingerprint density at radius 1 is 1.00 bits per heavy atom. The molecule has 3 nitrogen and oxygen atoms in total. The van der Waals surface area contributed by atoms with Crippen molar-refractivity contribution in [2.24, 2.45) is 5.92 Å². The highest BCUT2D eigenvalue weighted by Crippen LogP contribution is 2.34. The van der Waals surface area contributed by atoms with E-state index in [1.807, 2.05) is 7.11 Å². The summed E-state index contributed by atoms with van der Waals surface area (Å²) in [6.07, 6.45) is 6.88. The minimum Gasteiger partial charge on any atom is -0.416 e. The van der Waals surface area contributed by atoms with Crippen LogP contribution in [0.25, 0.3) is 0 Å². The van der Waals surface area contributed by atoms with Crippen LogP contribution in [-0.2, 0) is 13.3 Å². The lowest BCUT2D eigenvalue weighted by molar-refractivity contribution is 0.252. The van der Waals surface area contributed by atoms with Crippen molar-refractivity contribution in [2.75, 3.05) is 21.3 Å². The van der Waals surface area contributed by atoms with Crippen molar-refractivity contribution in [3.63, 3.8) is 0 Å². The lowest BCUT2D eigenvalue weighted by Gasteiger charge is -2.36. The second kappa shape index (κ2) is 7.18. The summed E-state index contributed by atoms with van der Waals surface area (Å²) in [6, 6.07) is 0. The van der Waals surface area contributed by atoms with Gasteiger partial charge in [0.15, 0.2) is 0 Å². The van der Waals surface area contributed by atoms with Gasteiger partial charge in [-0.2, -0.15) is 0 Å². The highest BCUT2D eigenvalue weighted by Gasteiger charge is 2.44. The average Bonchev–Trinajstić information content (AvgIpc) is 2.47. The van der Waals surface area contributed by atoms with Gasteiger partial charge in [-0.3, -0.25) is 0 Å². The van der Waals surface area contributed by atoms with E-state index in [0.717, 1.165) is 18.5 Å². The molecule has 0 aromatic heterocycles. The first kappa shape index (κ1) is 17.8. The van der Waals surface area contributed by atoms with Crippen LogP contribution in [0, 0.1) is 5.92 Å². The largest absolute Gasteiger partial charge is 0.416 e. The Labute approximate surface area is 126 Å². The number of hydrogen-bond donors (Lipinski definition) is 0. The molecule has 0 aromatic carbocycles. The molecule has 1 rings (SSSR count). The number of rotatable bonds is 7. The molecule has 0 aromatic rings. The zero-order valence-electron chi connectivity index (χ0n) is 14.1. The fourth-order valence-corrected chi connectivity index (χ4v) is 11.8. The van der Waals surface area contributed by atoms with Crippen LogP contribution in [0.4, 0.5) is 0 Å². The SMILES string of the molecule is CO[Si](C)(C[Si](C)(OC)C1=CC=C(C(C)C)CC1)OC. The first-order chi connectivity index (χ1) is 9.30. The Morgan fingerprint density at radius 2 is 1.60 bits per heavy atom. The Bertz CT molecular complexity index is 387. The van der Waals surface area contributed by atoms with E-state index in [4.69, 9.17) is 13.3 Å². The van der Waals surface area contributed by atoms with Crippen molar-refractivity contribution in [3.8, 4) is 0 Å². The quantitative estimate of drug-likeness (QED) is 0.666. The molecule has 116 valence electrons. The summed E-state index contributed by atoms with van der Waals surface area (Å²) in [6.45, 7) is 8.93. The Balaban J connectivity index is 2.95. The Morgan fingerprint density at radius 3 is 1.95 bits per heavy atom. The molecule has 5 heteroatoms. The average molecular weight is 315 g/mol. The van der Waals surface area contributed by atoms with Crippen molar-refractivity contribution >= 4 is 16.9 Å². The molecule has 0 heterocycles. The van der Waals surface area contributed by atoms with Gasteiger partial charge in [0.25, 0.3) is 0 Å². The summed E-state index contributed by atoms with van der Waals surface area (Å²) in [7, 11) is 1.32. The fraction of sp³-hybridized carbons (Fsp3) is 0.733. The van der Waals surface area contributed by atoms with E-state index in [9.17, 15) is 0 Å². The predicted molar refractivity (Wildman–Crippen MR) is 89.3 cm³/mol. The van der Waals surface area contributed by atoms with Crippen LogP contribution in [0.3, 0.4) is 0 Å². The van der Waals surface area contributed by atoms with Crippen LogP contribution in [0.15, 0.2) is 22.9 Å². The predicted octanol–water partition coefficient (Wildman–Crippen LogP) is 3.95. The molecule has 0 N–H and O–H groups in total.